The number of fused-ring (bicyclic) bond motifs is 1. The summed E-state index contributed by atoms with van der Waals surface area (Å²) in [4.78, 5) is 11.2. The first kappa shape index (κ1) is 13.2. The molecule has 0 saturated heterocycles. The largest absolute Gasteiger partial charge is 0.298 e. The molecule has 0 N–H and O–H groups in total. The molecule has 98 valence electrons. The Kier molecular flexibility index (Phi) is 3.47. The van der Waals surface area contributed by atoms with Crippen molar-refractivity contribution < 1.29 is 4.79 Å². The minimum absolute atomic E-state index is 0.559. The first-order valence-electron chi connectivity index (χ1n) is 6.12. The lowest BCUT2D eigenvalue weighted by Gasteiger charge is -2.07. The molecule has 0 radical (unpaired) electrons. The Labute approximate surface area is 126 Å². The van der Waals surface area contributed by atoms with Crippen molar-refractivity contribution in [2.75, 3.05) is 0 Å². The second-order valence-corrected chi connectivity index (χ2v) is 5.43. The van der Waals surface area contributed by atoms with Gasteiger partial charge in [0.2, 0.25) is 0 Å². The van der Waals surface area contributed by atoms with Gasteiger partial charge in [0.05, 0.1) is 0 Å². The highest BCUT2D eigenvalue weighted by molar-refractivity contribution is 6.31. The number of hydrogen-bond donors (Lipinski definition) is 0. The minimum Gasteiger partial charge on any atom is -0.298 e. The molecule has 0 unspecified atom stereocenters. The zero-order valence-corrected chi connectivity index (χ0v) is 11.9. The summed E-state index contributed by atoms with van der Waals surface area (Å²) in [6.45, 7) is 0. The van der Waals surface area contributed by atoms with Crippen LogP contribution in [0.4, 0.5) is 0 Å². The predicted molar refractivity (Wildman–Crippen MR) is 84.8 cm³/mol. The van der Waals surface area contributed by atoms with Crippen LogP contribution in [0.1, 0.15) is 10.4 Å². The fourth-order valence-electron chi connectivity index (χ4n) is 2.28. The monoisotopic (exact) mass is 300 g/mol. The maximum atomic E-state index is 11.2. The number of benzene rings is 3. The van der Waals surface area contributed by atoms with Crippen LogP contribution in [-0.2, 0) is 0 Å². The van der Waals surface area contributed by atoms with Gasteiger partial charge < -0.3 is 0 Å². The number of hydrogen-bond acceptors (Lipinski definition) is 1. The quantitative estimate of drug-likeness (QED) is 0.561. The fourth-order valence-corrected chi connectivity index (χ4v) is 2.64. The molecule has 3 aromatic rings. The van der Waals surface area contributed by atoms with Gasteiger partial charge in [-0.05, 0) is 52.2 Å². The summed E-state index contributed by atoms with van der Waals surface area (Å²) in [5.74, 6) is 0. The van der Waals surface area contributed by atoms with Gasteiger partial charge in [-0.15, -0.1) is 0 Å². The average Bonchev–Trinajstić information content (AvgIpc) is 2.46. The summed E-state index contributed by atoms with van der Waals surface area (Å²) < 4.78 is 0. The van der Waals surface area contributed by atoms with Gasteiger partial charge in [0.1, 0.15) is 0 Å². The maximum absolute atomic E-state index is 11.2. The van der Waals surface area contributed by atoms with Crippen molar-refractivity contribution in [1.82, 2.24) is 0 Å². The molecule has 3 aromatic carbocycles. The lowest BCUT2D eigenvalue weighted by molar-refractivity contribution is 0.112. The lowest BCUT2D eigenvalue weighted by Crippen LogP contribution is -1.87. The van der Waals surface area contributed by atoms with Crippen molar-refractivity contribution >= 4 is 40.3 Å². The molecule has 3 rings (SSSR count). The number of carbonyl (C=O) groups excluding carboxylic acids is 1. The van der Waals surface area contributed by atoms with Crippen LogP contribution < -0.4 is 0 Å². The minimum atomic E-state index is 0.559. The van der Waals surface area contributed by atoms with Crippen LogP contribution in [0.25, 0.3) is 21.9 Å². The summed E-state index contributed by atoms with van der Waals surface area (Å²) in [5.41, 5.74) is 2.45. The van der Waals surface area contributed by atoms with Gasteiger partial charge in [-0.3, -0.25) is 4.79 Å². The average molecular weight is 301 g/mol. The summed E-state index contributed by atoms with van der Waals surface area (Å²) in [7, 11) is 0. The Hall–Kier alpha value is -1.83. The van der Waals surface area contributed by atoms with Crippen molar-refractivity contribution in [1.29, 1.82) is 0 Å². The second-order valence-electron chi connectivity index (χ2n) is 4.56. The molecule has 0 aliphatic carbocycles. The Morgan fingerprint density at radius 2 is 1.40 bits per heavy atom. The molecular formula is C17H10Cl2O. The molecule has 0 aliphatic heterocycles. The molecule has 3 heteroatoms. The van der Waals surface area contributed by atoms with Crippen LogP contribution >= 0.6 is 23.2 Å². The van der Waals surface area contributed by atoms with Crippen molar-refractivity contribution in [3.8, 4) is 11.1 Å². The Morgan fingerprint density at radius 1 is 0.750 bits per heavy atom. The van der Waals surface area contributed by atoms with Crippen LogP contribution in [-0.4, -0.2) is 6.29 Å². The zero-order chi connectivity index (χ0) is 14.1. The maximum Gasteiger partial charge on any atom is 0.150 e. The third kappa shape index (κ3) is 2.43. The highest BCUT2D eigenvalue weighted by atomic mass is 35.5. The third-order valence-electron chi connectivity index (χ3n) is 3.25. The van der Waals surface area contributed by atoms with Gasteiger partial charge in [0.15, 0.2) is 6.29 Å². The molecule has 0 aromatic heterocycles. The predicted octanol–water partition coefficient (Wildman–Crippen LogP) is 5.63. The normalized spacial score (nSPS) is 10.7. The van der Waals surface area contributed by atoms with Gasteiger partial charge in [0, 0.05) is 15.6 Å². The van der Waals surface area contributed by atoms with Gasteiger partial charge in [-0.1, -0.05) is 47.5 Å². The number of halogens is 2. The van der Waals surface area contributed by atoms with E-state index in [2.05, 4.69) is 0 Å². The van der Waals surface area contributed by atoms with E-state index in [1.165, 1.54) is 0 Å². The Bertz CT molecular complexity index is 809. The molecule has 0 atom stereocenters. The molecule has 1 nitrogen and oxygen atoms in total. The molecular weight excluding hydrogens is 291 g/mol. The number of rotatable bonds is 2. The highest BCUT2D eigenvalue weighted by Crippen LogP contribution is 2.29. The van der Waals surface area contributed by atoms with Gasteiger partial charge >= 0.3 is 0 Å². The smallest absolute Gasteiger partial charge is 0.150 e. The first-order chi connectivity index (χ1) is 9.67. The second kappa shape index (κ2) is 5.28. The van der Waals surface area contributed by atoms with Gasteiger partial charge in [0.25, 0.3) is 0 Å². The van der Waals surface area contributed by atoms with E-state index in [1.54, 1.807) is 12.1 Å². The molecule has 0 fully saturated rings. The van der Waals surface area contributed by atoms with Gasteiger partial charge in [-0.25, -0.2) is 0 Å². The van der Waals surface area contributed by atoms with E-state index >= 15 is 0 Å². The van der Waals surface area contributed by atoms with Gasteiger partial charge in [-0.2, -0.15) is 0 Å². The van der Waals surface area contributed by atoms with Crippen LogP contribution in [0.5, 0.6) is 0 Å². The first-order valence-corrected chi connectivity index (χ1v) is 6.87. The van der Waals surface area contributed by atoms with E-state index < -0.39 is 0 Å². The summed E-state index contributed by atoms with van der Waals surface area (Å²) in [5, 5.41) is 3.43. The molecule has 0 amide bonds. The van der Waals surface area contributed by atoms with E-state index in [0.717, 1.165) is 28.2 Å². The number of aldehydes is 1. The van der Waals surface area contributed by atoms with Crippen molar-refractivity contribution in [3.05, 3.63) is 70.2 Å². The van der Waals surface area contributed by atoms with E-state index in [1.807, 2.05) is 42.5 Å². The summed E-state index contributed by atoms with van der Waals surface area (Å²) in [6.07, 6.45) is 0.827. The van der Waals surface area contributed by atoms with Crippen LogP contribution in [0.15, 0.2) is 54.6 Å². The molecule has 20 heavy (non-hydrogen) atoms. The van der Waals surface area contributed by atoms with Crippen LogP contribution in [0, 0.1) is 0 Å². The Balaban J connectivity index is 2.19. The van der Waals surface area contributed by atoms with Crippen LogP contribution in [0.3, 0.4) is 0 Å². The Morgan fingerprint density at radius 3 is 2.20 bits per heavy atom. The van der Waals surface area contributed by atoms with E-state index in [0.29, 0.717) is 15.6 Å². The third-order valence-corrected chi connectivity index (χ3v) is 3.72. The number of carbonyl (C=O) groups is 1. The van der Waals surface area contributed by atoms with E-state index in [4.69, 9.17) is 23.2 Å². The molecule has 0 aliphatic rings. The summed E-state index contributed by atoms with van der Waals surface area (Å²) in [6, 6.07) is 17.1. The van der Waals surface area contributed by atoms with Crippen molar-refractivity contribution in [2.24, 2.45) is 0 Å². The topological polar surface area (TPSA) is 17.1 Å². The van der Waals surface area contributed by atoms with Crippen LogP contribution in [0.2, 0.25) is 10.0 Å². The fraction of sp³-hybridized carbons (Fsp3) is 0. The zero-order valence-electron chi connectivity index (χ0n) is 10.4. The summed E-state index contributed by atoms with van der Waals surface area (Å²) >= 11 is 11.9. The standard InChI is InChI=1S/C17H10Cl2O/c18-15-4-3-11-7-13(2-1-12(11)8-15)17-6-5-16(19)9-14(17)10-20/h1-10H. The highest BCUT2D eigenvalue weighted by Gasteiger charge is 2.06. The molecule has 0 saturated carbocycles. The van der Waals surface area contributed by atoms with E-state index in [-0.39, 0.29) is 0 Å². The van der Waals surface area contributed by atoms with Crippen molar-refractivity contribution in [2.45, 2.75) is 0 Å². The molecule has 0 spiro atoms. The molecule has 0 heterocycles. The van der Waals surface area contributed by atoms with Crippen molar-refractivity contribution in [3.63, 3.8) is 0 Å². The SMILES string of the molecule is O=Cc1cc(Cl)ccc1-c1ccc2cc(Cl)ccc2c1. The lowest BCUT2D eigenvalue weighted by atomic mass is 9.98. The molecule has 0 bridgehead atoms. The van der Waals surface area contributed by atoms with E-state index in [9.17, 15) is 4.79 Å².